The molecular formula is C19H19FN2O3S. The molecular weight excluding hydrogens is 355 g/mol. The van der Waals surface area contributed by atoms with Crippen molar-refractivity contribution in [2.45, 2.75) is 31.1 Å². The average Bonchev–Trinajstić information content (AvgIpc) is 3.00. The summed E-state index contributed by atoms with van der Waals surface area (Å²) in [6, 6.07) is 13.6. The number of rotatable bonds is 4. The zero-order valence-electron chi connectivity index (χ0n) is 14.7. The van der Waals surface area contributed by atoms with E-state index >= 15 is 0 Å². The highest BCUT2D eigenvalue weighted by atomic mass is 32.2. The van der Waals surface area contributed by atoms with Crippen LogP contribution in [-0.2, 0) is 15.4 Å². The van der Waals surface area contributed by atoms with Gasteiger partial charge in [0.1, 0.15) is 11.5 Å². The van der Waals surface area contributed by atoms with Crippen LogP contribution < -0.4 is 4.72 Å². The topological polar surface area (TPSA) is 72.2 Å². The lowest BCUT2D eigenvalue weighted by molar-refractivity contribution is 0.401. The highest BCUT2D eigenvalue weighted by Crippen LogP contribution is 2.34. The Morgan fingerprint density at radius 2 is 1.62 bits per heavy atom. The molecule has 3 aromatic rings. The average molecular weight is 374 g/mol. The summed E-state index contributed by atoms with van der Waals surface area (Å²) < 4.78 is 46.7. The molecule has 0 bridgehead atoms. The smallest absolute Gasteiger partial charge is 0.264 e. The van der Waals surface area contributed by atoms with Crippen LogP contribution in [-0.4, -0.2) is 13.4 Å². The summed E-state index contributed by atoms with van der Waals surface area (Å²) in [5.41, 5.74) is 0.441. The van der Waals surface area contributed by atoms with Crippen molar-refractivity contribution in [3.63, 3.8) is 0 Å². The Kier molecular flexibility index (Phi) is 4.58. The van der Waals surface area contributed by atoms with Gasteiger partial charge in [-0.05, 0) is 36.4 Å². The van der Waals surface area contributed by atoms with Gasteiger partial charge in [0.05, 0.1) is 4.90 Å². The van der Waals surface area contributed by atoms with E-state index < -0.39 is 15.4 Å². The first-order valence-electron chi connectivity index (χ1n) is 8.02. The van der Waals surface area contributed by atoms with Crippen LogP contribution in [0.15, 0.2) is 63.9 Å². The summed E-state index contributed by atoms with van der Waals surface area (Å²) in [5, 5.41) is 0. The lowest BCUT2D eigenvalue weighted by Gasteiger charge is -2.12. The summed E-state index contributed by atoms with van der Waals surface area (Å²) in [5.74, 6) is -0.00678. The van der Waals surface area contributed by atoms with Gasteiger partial charge < -0.3 is 4.42 Å². The van der Waals surface area contributed by atoms with Crippen LogP contribution in [0.1, 0.15) is 26.7 Å². The van der Waals surface area contributed by atoms with Crippen LogP contribution in [0, 0.1) is 5.82 Å². The quantitative estimate of drug-likeness (QED) is 0.725. The molecule has 3 rings (SSSR count). The first kappa shape index (κ1) is 18.1. The van der Waals surface area contributed by atoms with Gasteiger partial charge in [0.25, 0.3) is 10.0 Å². The van der Waals surface area contributed by atoms with Crippen LogP contribution >= 0.6 is 0 Å². The number of hydrogen-bond acceptors (Lipinski definition) is 4. The van der Waals surface area contributed by atoms with Crippen molar-refractivity contribution >= 4 is 15.9 Å². The van der Waals surface area contributed by atoms with Crippen molar-refractivity contribution in [3.8, 4) is 11.3 Å². The molecule has 0 saturated carbocycles. The second kappa shape index (κ2) is 6.57. The van der Waals surface area contributed by atoms with Gasteiger partial charge >= 0.3 is 0 Å². The largest absolute Gasteiger partial charge is 0.423 e. The fourth-order valence-corrected chi connectivity index (χ4v) is 3.31. The van der Waals surface area contributed by atoms with Crippen molar-refractivity contribution in [2.24, 2.45) is 0 Å². The highest BCUT2D eigenvalue weighted by Gasteiger charge is 2.27. The van der Waals surface area contributed by atoms with Crippen LogP contribution in [0.3, 0.4) is 0 Å². The summed E-state index contributed by atoms with van der Waals surface area (Å²) >= 11 is 0. The van der Waals surface area contributed by atoms with Gasteiger partial charge in [-0.1, -0.05) is 39.0 Å². The monoisotopic (exact) mass is 374 g/mol. The Labute approximate surface area is 151 Å². The van der Waals surface area contributed by atoms with E-state index in [2.05, 4.69) is 9.71 Å². The van der Waals surface area contributed by atoms with E-state index in [9.17, 15) is 12.8 Å². The van der Waals surface area contributed by atoms with E-state index in [-0.39, 0.29) is 16.6 Å². The number of sulfonamides is 1. The minimum atomic E-state index is -3.84. The minimum Gasteiger partial charge on any atom is -0.423 e. The molecule has 1 N–H and O–H groups in total. The number of anilines is 1. The van der Waals surface area contributed by atoms with Gasteiger partial charge in [0.15, 0.2) is 0 Å². The van der Waals surface area contributed by atoms with Crippen LogP contribution in [0.25, 0.3) is 11.3 Å². The molecule has 136 valence electrons. The van der Waals surface area contributed by atoms with E-state index in [4.69, 9.17) is 4.42 Å². The zero-order chi connectivity index (χ0) is 18.9. The fourth-order valence-electron chi connectivity index (χ4n) is 2.29. The molecule has 5 nitrogen and oxygen atoms in total. The molecule has 1 aromatic heterocycles. The van der Waals surface area contributed by atoms with E-state index in [1.807, 2.05) is 20.8 Å². The Balaban J connectivity index is 2.08. The third-order valence-electron chi connectivity index (χ3n) is 3.67. The van der Waals surface area contributed by atoms with Crippen LogP contribution in [0.2, 0.25) is 0 Å². The number of oxazole rings is 1. The standard InChI is InChI=1S/C19H19FN2O3S/c1-19(2,3)18-21-16(13-9-11-14(20)12-10-13)17(25-18)22-26(23,24)15-7-5-4-6-8-15/h4-12,22H,1-3H3. The molecule has 1 heterocycles. The summed E-state index contributed by atoms with van der Waals surface area (Å²) in [4.78, 5) is 4.55. The third kappa shape index (κ3) is 3.77. The lowest BCUT2D eigenvalue weighted by atomic mass is 9.97. The Bertz CT molecular complexity index is 1010. The third-order valence-corrected chi connectivity index (χ3v) is 5.01. The molecule has 2 aromatic carbocycles. The zero-order valence-corrected chi connectivity index (χ0v) is 15.5. The molecule has 0 aliphatic heterocycles. The van der Waals surface area contributed by atoms with Crippen molar-refractivity contribution < 1.29 is 17.2 Å². The van der Waals surface area contributed by atoms with Gasteiger partial charge in [0.2, 0.25) is 11.8 Å². The number of aromatic nitrogens is 1. The molecule has 0 spiro atoms. The number of nitrogens with zero attached hydrogens (tertiary/aromatic N) is 1. The van der Waals surface area contributed by atoms with Gasteiger partial charge in [0, 0.05) is 11.0 Å². The molecule has 0 radical (unpaired) electrons. The Hall–Kier alpha value is -2.67. The van der Waals surface area contributed by atoms with Gasteiger partial charge in [-0.2, -0.15) is 0 Å². The van der Waals surface area contributed by atoms with E-state index in [1.54, 1.807) is 18.2 Å². The maximum Gasteiger partial charge on any atom is 0.264 e. The van der Waals surface area contributed by atoms with Crippen molar-refractivity contribution in [1.29, 1.82) is 0 Å². The number of benzene rings is 2. The van der Waals surface area contributed by atoms with Gasteiger partial charge in [-0.25, -0.2) is 22.5 Å². The van der Waals surface area contributed by atoms with Crippen molar-refractivity contribution in [3.05, 3.63) is 66.3 Å². The maximum atomic E-state index is 13.2. The van der Waals surface area contributed by atoms with Gasteiger partial charge in [-0.15, -0.1) is 0 Å². The minimum absolute atomic E-state index is 0.00499. The SMILES string of the molecule is CC(C)(C)c1nc(-c2ccc(F)cc2)c(NS(=O)(=O)c2ccccc2)o1. The fraction of sp³-hybridized carbons (Fsp3) is 0.211. The van der Waals surface area contributed by atoms with Gasteiger partial charge in [-0.3, -0.25) is 0 Å². The molecule has 0 aliphatic carbocycles. The van der Waals surface area contributed by atoms with Crippen LogP contribution in [0.5, 0.6) is 0 Å². The second-order valence-electron chi connectivity index (χ2n) is 6.87. The number of nitrogens with one attached hydrogen (secondary N) is 1. The molecule has 7 heteroatoms. The molecule has 0 atom stereocenters. The van der Waals surface area contributed by atoms with Crippen LogP contribution in [0.4, 0.5) is 10.3 Å². The number of halogens is 1. The molecule has 0 aliphatic rings. The van der Waals surface area contributed by atoms with Crippen molar-refractivity contribution in [2.75, 3.05) is 4.72 Å². The highest BCUT2D eigenvalue weighted by molar-refractivity contribution is 7.92. The predicted octanol–water partition coefficient (Wildman–Crippen LogP) is 4.58. The summed E-state index contributed by atoms with van der Waals surface area (Å²) in [6.45, 7) is 5.72. The van der Waals surface area contributed by atoms with E-state index in [0.717, 1.165) is 0 Å². The first-order chi connectivity index (χ1) is 12.2. The summed E-state index contributed by atoms with van der Waals surface area (Å²) in [6.07, 6.45) is 0. The molecule has 26 heavy (non-hydrogen) atoms. The molecule has 0 amide bonds. The van der Waals surface area contributed by atoms with E-state index in [1.165, 1.54) is 36.4 Å². The molecule has 0 saturated heterocycles. The molecule has 0 fully saturated rings. The van der Waals surface area contributed by atoms with Crippen molar-refractivity contribution in [1.82, 2.24) is 4.98 Å². The summed E-state index contributed by atoms with van der Waals surface area (Å²) in [7, 11) is -3.84. The maximum absolute atomic E-state index is 13.2. The molecule has 0 unspecified atom stereocenters. The predicted molar refractivity (Wildman–Crippen MR) is 97.8 cm³/mol. The number of hydrogen-bond donors (Lipinski definition) is 1. The van der Waals surface area contributed by atoms with E-state index in [0.29, 0.717) is 17.1 Å². The first-order valence-corrected chi connectivity index (χ1v) is 9.50. The lowest BCUT2D eigenvalue weighted by Crippen LogP contribution is -2.13. The normalized spacial score (nSPS) is 12.2. The Morgan fingerprint density at radius 1 is 1.00 bits per heavy atom. The Morgan fingerprint density at radius 3 is 2.19 bits per heavy atom. The second-order valence-corrected chi connectivity index (χ2v) is 8.55.